The maximum absolute atomic E-state index is 11.2. The van der Waals surface area contributed by atoms with Crippen molar-refractivity contribution in [2.45, 2.75) is 0 Å². The number of nitro groups is 1. The summed E-state index contributed by atoms with van der Waals surface area (Å²) in [5.74, 6) is -1.07. The lowest BCUT2D eigenvalue weighted by Crippen LogP contribution is -2.19. The summed E-state index contributed by atoms with van der Waals surface area (Å²) in [6.07, 6.45) is 1.20. The molecule has 0 atom stereocenters. The van der Waals surface area contributed by atoms with Crippen LogP contribution in [0.4, 0.5) is 5.69 Å². The van der Waals surface area contributed by atoms with Crippen molar-refractivity contribution >= 4 is 17.7 Å². The number of phenols is 1. The second kappa shape index (κ2) is 5.45. The first-order chi connectivity index (χ1) is 8.49. The molecular weight excluding hydrogens is 238 g/mol. The van der Waals surface area contributed by atoms with E-state index in [1.807, 2.05) is 0 Å². The number of phenolic OH excluding ortho intramolecular Hbond substituents is 1. The van der Waals surface area contributed by atoms with E-state index in [1.165, 1.54) is 19.2 Å². The number of hydrogen-bond donors (Lipinski definition) is 2. The van der Waals surface area contributed by atoms with Crippen LogP contribution in [-0.2, 0) is 4.79 Å². The number of nitriles is 1. The lowest BCUT2D eigenvalue weighted by molar-refractivity contribution is -0.385. The first kappa shape index (κ1) is 13.2. The molecule has 0 spiro atoms. The number of hydrogen-bond acceptors (Lipinski definition) is 5. The van der Waals surface area contributed by atoms with Crippen LogP contribution in [0.3, 0.4) is 0 Å². The number of likely N-dealkylation sites (N-methyl/N-ethyl adjacent to an activating group) is 1. The summed E-state index contributed by atoms with van der Waals surface area (Å²) in [6.45, 7) is 0. The summed E-state index contributed by atoms with van der Waals surface area (Å²) in [7, 11) is 1.37. The standard InChI is InChI=1S/C11H9N3O4/c1-13-11(16)8(6-12)4-7-2-3-10(15)9(5-7)14(17)18/h2-5,15H,1H3,(H,13,16)/b8-4-. The number of amides is 1. The molecule has 1 aromatic carbocycles. The molecule has 1 amide bonds. The van der Waals surface area contributed by atoms with Crippen LogP contribution < -0.4 is 5.32 Å². The van der Waals surface area contributed by atoms with E-state index in [-0.39, 0.29) is 11.1 Å². The highest BCUT2D eigenvalue weighted by Gasteiger charge is 2.14. The van der Waals surface area contributed by atoms with Crippen LogP contribution in [0.5, 0.6) is 5.75 Å². The summed E-state index contributed by atoms with van der Waals surface area (Å²) < 4.78 is 0. The van der Waals surface area contributed by atoms with Crippen LogP contribution in [0.2, 0.25) is 0 Å². The van der Waals surface area contributed by atoms with E-state index in [2.05, 4.69) is 5.32 Å². The minimum atomic E-state index is -0.751. The Hall–Kier alpha value is -2.88. The Balaban J connectivity index is 3.23. The largest absolute Gasteiger partial charge is 0.502 e. The quantitative estimate of drug-likeness (QED) is 0.357. The molecule has 18 heavy (non-hydrogen) atoms. The number of nitrogens with one attached hydrogen (secondary N) is 1. The fraction of sp³-hybridized carbons (Fsp3) is 0.0909. The van der Waals surface area contributed by atoms with Crippen molar-refractivity contribution in [1.29, 1.82) is 5.26 Å². The number of nitro benzene ring substituents is 1. The maximum atomic E-state index is 11.2. The van der Waals surface area contributed by atoms with Crippen LogP contribution >= 0.6 is 0 Å². The van der Waals surface area contributed by atoms with Gasteiger partial charge in [0.15, 0.2) is 5.75 Å². The highest BCUT2D eigenvalue weighted by atomic mass is 16.6. The molecule has 0 saturated carbocycles. The summed E-state index contributed by atoms with van der Waals surface area (Å²) in [6, 6.07) is 5.25. The van der Waals surface area contributed by atoms with Crippen molar-refractivity contribution < 1.29 is 14.8 Å². The monoisotopic (exact) mass is 247 g/mol. The molecule has 0 aromatic heterocycles. The van der Waals surface area contributed by atoms with Gasteiger partial charge in [-0.1, -0.05) is 6.07 Å². The number of aromatic hydroxyl groups is 1. The number of rotatable bonds is 3. The average molecular weight is 247 g/mol. The minimum absolute atomic E-state index is 0.183. The Bertz CT molecular complexity index is 572. The molecule has 1 rings (SSSR count). The number of carbonyl (C=O) groups excluding carboxylic acids is 1. The van der Waals surface area contributed by atoms with Crippen molar-refractivity contribution in [3.63, 3.8) is 0 Å². The Labute approximate surface area is 102 Å². The predicted molar refractivity (Wildman–Crippen MR) is 62.4 cm³/mol. The highest BCUT2D eigenvalue weighted by molar-refractivity contribution is 6.01. The van der Waals surface area contributed by atoms with Crippen molar-refractivity contribution in [3.05, 3.63) is 39.4 Å². The zero-order valence-corrected chi connectivity index (χ0v) is 9.38. The van der Waals surface area contributed by atoms with Crippen LogP contribution in [0.15, 0.2) is 23.8 Å². The third kappa shape index (κ3) is 2.82. The fourth-order valence-electron chi connectivity index (χ4n) is 1.23. The smallest absolute Gasteiger partial charge is 0.311 e. The molecule has 7 heteroatoms. The molecule has 0 heterocycles. The van der Waals surface area contributed by atoms with Crippen molar-refractivity contribution in [1.82, 2.24) is 5.32 Å². The Kier molecular flexibility index (Phi) is 3.99. The number of nitrogens with zero attached hydrogens (tertiary/aromatic N) is 2. The first-order valence-electron chi connectivity index (χ1n) is 4.81. The molecule has 0 aliphatic carbocycles. The molecule has 0 aliphatic heterocycles. The van der Waals surface area contributed by atoms with Crippen LogP contribution in [0.25, 0.3) is 6.08 Å². The second-order valence-corrected chi connectivity index (χ2v) is 3.25. The highest BCUT2D eigenvalue weighted by Crippen LogP contribution is 2.27. The first-order valence-corrected chi connectivity index (χ1v) is 4.81. The van der Waals surface area contributed by atoms with E-state index in [0.717, 1.165) is 12.1 Å². The van der Waals surface area contributed by atoms with Gasteiger partial charge in [0.05, 0.1) is 4.92 Å². The molecule has 0 fully saturated rings. The SMILES string of the molecule is CNC(=O)/C(C#N)=C\c1ccc(O)c([N+](=O)[O-])c1. The molecule has 0 saturated heterocycles. The molecule has 1 aromatic rings. The van der Waals surface area contributed by atoms with Gasteiger partial charge in [-0.15, -0.1) is 0 Å². The summed E-state index contributed by atoms with van der Waals surface area (Å²) in [4.78, 5) is 21.1. The van der Waals surface area contributed by atoms with E-state index in [1.54, 1.807) is 6.07 Å². The average Bonchev–Trinajstić information content (AvgIpc) is 2.36. The van der Waals surface area contributed by atoms with E-state index in [4.69, 9.17) is 5.26 Å². The predicted octanol–water partition coefficient (Wildman–Crippen LogP) is 0.953. The van der Waals surface area contributed by atoms with Gasteiger partial charge in [0.25, 0.3) is 5.91 Å². The van der Waals surface area contributed by atoms with E-state index in [9.17, 15) is 20.0 Å². The Morgan fingerprint density at radius 2 is 2.28 bits per heavy atom. The molecule has 92 valence electrons. The van der Waals surface area contributed by atoms with E-state index >= 15 is 0 Å². The minimum Gasteiger partial charge on any atom is -0.502 e. The van der Waals surface area contributed by atoms with Gasteiger partial charge in [-0.2, -0.15) is 5.26 Å². The lowest BCUT2D eigenvalue weighted by atomic mass is 10.1. The maximum Gasteiger partial charge on any atom is 0.311 e. The lowest BCUT2D eigenvalue weighted by Gasteiger charge is -1.99. The number of carbonyl (C=O) groups is 1. The summed E-state index contributed by atoms with van der Waals surface area (Å²) in [5, 5.41) is 30.9. The molecule has 0 aliphatic rings. The van der Waals surface area contributed by atoms with Crippen molar-refractivity contribution in [2.24, 2.45) is 0 Å². The van der Waals surface area contributed by atoms with Crippen LogP contribution in [0, 0.1) is 21.4 Å². The molecule has 0 bridgehead atoms. The topological polar surface area (TPSA) is 116 Å². The third-order valence-electron chi connectivity index (χ3n) is 2.10. The zero-order chi connectivity index (χ0) is 13.7. The molecule has 7 nitrogen and oxygen atoms in total. The van der Waals surface area contributed by atoms with Gasteiger partial charge in [0.1, 0.15) is 11.6 Å². The molecule has 0 unspecified atom stereocenters. The third-order valence-corrected chi connectivity index (χ3v) is 2.10. The van der Waals surface area contributed by atoms with Crippen LogP contribution in [0.1, 0.15) is 5.56 Å². The fourth-order valence-corrected chi connectivity index (χ4v) is 1.23. The Morgan fingerprint density at radius 1 is 1.61 bits per heavy atom. The van der Waals surface area contributed by atoms with Crippen molar-refractivity contribution in [3.8, 4) is 11.8 Å². The molecular formula is C11H9N3O4. The van der Waals surface area contributed by atoms with Gasteiger partial charge in [-0.25, -0.2) is 0 Å². The van der Waals surface area contributed by atoms with E-state index in [0.29, 0.717) is 0 Å². The number of benzene rings is 1. The zero-order valence-electron chi connectivity index (χ0n) is 9.38. The normalized spacial score (nSPS) is 10.6. The van der Waals surface area contributed by atoms with Gasteiger partial charge in [0.2, 0.25) is 0 Å². The second-order valence-electron chi connectivity index (χ2n) is 3.25. The summed E-state index contributed by atoms with van der Waals surface area (Å²) >= 11 is 0. The summed E-state index contributed by atoms with van der Waals surface area (Å²) in [5.41, 5.74) is -0.393. The molecule has 0 radical (unpaired) electrons. The molecule has 2 N–H and O–H groups in total. The van der Waals surface area contributed by atoms with Gasteiger partial charge in [-0.05, 0) is 17.7 Å². The van der Waals surface area contributed by atoms with Gasteiger partial charge in [-0.3, -0.25) is 14.9 Å². The van der Waals surface area contributed by atoms with E-state index < -0.39 is 22.3 Å². The van der Waals surface area contributed by atoms with Gasteiger partial charge < -0.3 is 10.4 Å². The Morgan fingerprint density at radius 3 is 2.78 bits per heavy atom. The van der Waals surface area contributed by atoms with Gasteiger partial charge in [0, 0.05) is 13.1 Å². The van der Waals surface area contributed by atoms with Gasteiger partial charge >= 0.3 is 5.69 Å². The van der Waals surface area contributed by atoms with Crippen molar-refractivity contribution in [2.75, 3.05) is 7.05 Å². The van der Waals surface area contributed by atoms with Crippen LogP contribution in [-0.4, -0.2) is 23.0 Å².